The molecule has 1 rings (SSSR count). The molecule has 0 heterocycles. The first kappa shape index (κ1) is 16.4. The fraction of sp³-hybridized carbons (Fsp3) is 0.500. The molecule has 6 heteroatoms. The Morgan fingerprint density at radius 2 is 2.00 bits per heavy atom. The summed E-state index contributed by atoms with van der Waals surface area (Å²) >= 11 is 0. The van der Waals surface area contributed by atoms with E-state index in [2.05, 4.69) is 10.1 Å². The zero-order valence-corrected chi connectivity index (χ0v) is 11.6. The Bertz CT molecular complexity index is 439. The van der Waals surface area contributed by atoms with Crippen LogP contribution in [0.15, 0.2) is 24.3 Å². The van der Waals surface area contributed by atoms with Crippen LogP contribution in [-0.2, 0) is 11.2 Å². The van der Waals surface area contributed by atoms with Crippen molar-refractivity contribution in [2.75, 3.05) is 6.54 Å². The summed E-state index contributed by atoms with van der Waals surface area (Å²) in [7, 11) is 0. The van der Waals surface area contributed by atoms with Gasteiger partial charge in [0, 0.05) is 12.6 Å². The van der Waals surface area contributed by atoms with Gasteiger partial charge in [0.05, 0.1) is 5.92 Å². The summed E-state index contributed by atoms with van der Waals surface area (Å²) in [6.45, 7) is 0.942. The molecule has 1 atom stereocenters. The van der Waals surface area contributed by atoms with Crippen LogP contribution in [0.4, 0.5) is 8.78 Å². The second-order valence-electron chi connectivity index (χ2n) is 4.79. The maximum absolute atomic E-state index is 12.3. The van der Waals surface area contributed by atoms with Crippen LogP contribution in [0.2, 0.25) is 0 Å². The first-order chi connectivity index (χ1) is 9.43. The summed E-state index contributed by atoms with van der Waals surface area (Å²) in [5.74, 6) is -0.576. The number of carbonyl (C=O) groups is 1. The van der Waals surface area contributed by atoms with Gasteiger partial charge in [-0.3, -0.25) is 4.79 Å². The average molecular weight is 286 g/mol. The number of hydrogen-bond acceptors (Lipinski definition) is 3. The number of benzene rings is 1. The van der Waals surface area contributed by atoms with Crippen LogP contribution in [0.1, 0.15) is 19.4 Å². The first-order valence-corrected chi connectivity index (χ1v) is 6.47. The normalized spacial score (nSPS) is 12.6. The molecule has 3 N–H and O–H groups in total. The van der Waals surface area contributed by atoms with Crippen LogP contribution < -0.4 is 15.8 Å². The summed E-state index contributed by atoms with van der Waals surface area (Å²) in [4.78, 5) is 11.9. The van der Waals surface area contributed by atoms with Crippen molar-refractivity contribution in [3.63, 3.8) is 0 Å². The third-order valence-electron chi connectivity index (χ3n) is 2.74. The van der Waals surface area contributed by atoms with Gasteiger partial charge in [0.25, 0.3) is 0 Å². The van der Waals surface area contributed by atoms with E-state index in [0.717, 1.165) is 0 Å². The van der Waals surface area contributed by atoms with Crippen LogP contribution >= 0.6 is 0 Å². The van der Waals surface area contributed by atoms with Crippen molar-refractivity contribution in [1.82, 2.24) is 5.32 Å². The van der Waals surface area contributed by atoms with Gasteiger partial charge in [-0.25, -0.2) is 0 Å². The molecule has 0 bridgehead atoms. The van der Waals surface area contributed by atoms with Gasteiger partial charge in [0.1, 0.15) is 5.75 Å². The van der Waals surface area contributed by atoms with E-state index < -0.39 is 12.5 Å². The lowest BCUT2D eigenvalue weighted by Gasteiger charge is -2.18. The molecule has 0 aliphatic rings. The number of nitrogens with two attached hydrogens (primary N) is 1. The molecule has 1 aromatic carbocycles. The van der Waals surface area contributed by atoms with E-state index in [9.17, 15) is 13.6 Å². The fourth-order valence-electron chi connectivity index (χ4n) is 1.83. The Hall–Kier alpha value is -1.69. The van der Waals surface area contributed by atoms with Gasteiger partial charge in [0.15, 0.2) is 0 Å². The maximum Gasteiger partial charge on any atom is 0.387 e. The molecular formula is C14H20F2N2O2. The van der Waals surface area contributed by atoms with Gasteiger partial charge in [-0.2, -0.15) is 8.78 Å². The van der Waals surface area contributed by atoms with Crippen LogP contribution in [0.25, 0.3) is 0 Å². The zero-order valence-electron chi connectivity index (χ0n) is 11.6. The summed E-state index contributed by atoms with van der Waals surface area (Å²) < 4.78 is 29.1. The molecule has 1 unspecified atom stereocenters. The van der Waals surface area contributed by atoms with E-state index in [-0.39, 0.29) is 30.7 Å². The smallest absolute Gasteiger partial charge is 0.387 e. The highest BCUT2D eigenvalue weighted by molar-refractivity contribution is 5.79. The number of nitrogens with one attached hydrogen (secondary N) is 1. The van der Waals surface area contributed by atoms with Gasteiger partial charge >= 0.3 is 6.61 Å². The van der Waals surface area contributed by atoms with Crippen molar-refractivity contribution in [2.24, 2.45) is 11.7 Å². The molecule has 4 nitrogen and oxygen atoms in total. The molecule has 0 spiro atoms. The van der Waals surface area contributed by atoms with Crippen LogP contribution in [0.3, 0.4) is 0 Å². The van der Waals surface area contributed by atoms with E-state index in [1.54, 1.807) is 18.2 Å². The van der Waals surface area contributed by atoms with Gasteiger partial charge in [-0.1, -0.05) is 18.2 Å². The predicted octanol–water partition coefficient (Wildman–Crippen LogP) is 1.93. The number of hydrogen-bond donors (Lipinski definition) is 2. The average Bonchev–Trinajstić information content (AvgIpc) is 2.36. The number of para-hydroxylation sites is 1. The first-order valence-electron chi connectivity index (χ1n) is 6.47. The quantitative estimate of drug-likeness (QED) is 0.805. The van der Waals surface area contributed by atoms with E-state index in [1.807, 2.05) is 13.8 Å². The summed E-state index contributed by atoms with van der Waals surface area (Å²) in [6.07, 6.45) is 0.262. The molecule has 0 fully saturated rings. The van der Waals surface area contributed by atoms with E-state index in [4.69, 9.17) is 5.73 Å². The topological polar surface area (TPSA) is 64.4 Å². The van der Waals surface area contributed by atoms with Gasteiger partial charge in [0.2, 0.25) is 5.91 Å². The van der Waals surface area contributed by atoms with Crippen molar-refractivity contribution in [3.05, 3.63) is 29.8 Å². The molecule has 0 aliphatic heterocycles. The number of alkyl halides is 2. The fourth-order valence-corrected chi connectivity index (χ4v) is 1.83. The number of rotatable bonds is 7. The Labute approximate surface area is 117 Å². The van der Waals surface area contributed by atoms with Crippen molar-refractivity contribution in [1.29, 1.82) is 0 Å². The highest BCUT2D eigenvalue weighted by Gasteiger charge is 2.20. The maximum atomic E-state index is 12.3. The predicted molar refractivity (Wildman–Crippen MR) is 72.6 cm³/mol. The highest BCUT2D eigenvalue weighted by Crippen LogP contribution is 2.23. The van der Waals surface area contributed by atoms with Crippen molar-refractivity contribution < 1.29 is 18.3 Å². The lowest BCUT2D eigenvalue weighted by molar-refractivity contribution is -0.125. The largest absolute Gasteiger partial charge is 0.435 e. The SMILES string of the molecule is CC(C)NC(=O)C(CN)Cc1ccccc1OC(F)F. The molecule has 112 valence electrons. The summed E-state index contributed by atoms with van der Waals surface area (Å²) in [6, 6.07) is 6.43. The molecule has 0 aliphatic carbocycles. The molecule has 20 heavy (non-hydrogen) atoms. The second kappa shape index (κ2) is 7.79. The number of carbonyl (C=O) groups excluding carboxylic acids is 1. The molecule has 1 aromatic rings. The minimum Gasteiger partial charge on any atom is -0.435 e. The van der Waals surface area contributed by atoms with E-state index >= 15 is 0 Å². The van der Waals surface area contributed by atoms with Crippen molar-refractivity contribution >= 4 is 5.91 Å². The lowest BCUT2D eigenvalue weighted by atomic mass is 9.97. The summed E-state index contributed by atoms with van der Waals surface area (Å²) in [5.41, 5.74) is 6.14. The Balaban J connectivity index is 2.81. The third-order valence-corrected chi connectivity index (χ3v) is 2.74. The Morgan fingerprint density at radius 3 is 2.55 bits per heavy atom. The molecule has 0 saturated carbocycles. The minimum atomic E-state index is -2.89. The number of ether oxygens (including phenoxy) is 1. The molecule has 0 saturated heterocycles. The molecular weight excluding hydrogens is 266 g/mol. The highest BCUT2D eigenvalue weighted by atomic mass is 19.3. The third kappa shape index (κ3) is 5.13. The number of amides is 1. The van der Waals surface area contributed by atoms with Crippen LogP contribution in [-0.4, -0.2) is 25.1 Å². The Kier molecular flexibility index (Phi) is 6.38. The van der Waals surface area contributed by atoms with Gasteiger partial charge in [-0.15, -0.1) is 0 Å². The van der Waals surface area contributed by atoms with Crippen molar-refractivity contribution in [3.8, 4) is 5.75 Å². The monoisotopic (exact) mass is 286 g/mol. The molecule has 0 radical (unpaired) electrons. The van der Waals surface area contributed by atoms with Gasteiger partial charge in [-0.05, 0) is 31.9 Å². The van der Waals surface area contributed by atoms with Gasteiger partial charge < -0.3 is 15.8 Å². The number of halogens is 2. The van der Waals surface area contributed by atoms with E-state index in [1.165, 1.54) is 6.07 Å². The molecule has 1 amide bonds. The standard InChI is InChI=1S/C14H20F2N2O2/c1-9(2)18-13(19)11(8-17)7-10-5-3-4-6-12(10)20-14(15)16/h3-6,9,11,14H,7-8,17H2,1-2H3,(H,18,19). The Morgan fingerprint density at radius 1 is 1.35 bits per heavy atom. The van der Waals surface area contributed by atoms with Crippen LogP contribution in [0.5, 0.6) is 5.75 Å². The summed E-state index contributed by atoms with van der Waals surface area (Å²) in [5, 5.41) is 2.77. The second-order valence-corrected chi connectivity index (χ2v) is 4.79. The minimum absolute atomic E-state index is 0.00380. The van der Waals surface area contributed by atoms with E-state index in [0.29, 0.717) is 5.56 Å². The lowest BCUT2D eigenvalue weighted by Crippen LogP contribution is -2.39. The molecule has 0 aromatic heterocycles. The van der Waals surface area contributed by atoms with Crippen molar-refractivity contribution in [2.45, 2.75) is 32.9 Å². The zero-order chi connectivity index (χ0) is 15.1. The van der Waals surface area contributed by atoms with Crippen LogP contribution in [0, 0.1) is 5.92 Å².